The van der Waals surface area contributed by atoms with Gasteiger partial charge in [0.2, 0.25) is 0 Å². The summed E-state index contributed by atoms with van der Waals surface area (Å²) in [5.74, 6) is 0.838. The van der Waals surface area contributed by atoms with Gasteiger partial charge in [0.25, 0.3) is 0 Å². The van der Waals surface area contributed by atoms with Crippen LogP contribution in [-0.4, -0.2) is 24.5 Å². The van der Waals surface area contributed by atoms with E-state index in [0.717, 1.165) is 25.6 Å². The summed E-state index contributed by atoms with van der Waals surface area (Å²) in [6.45, 7) is 11.5. The van der Waals surface area contributed by atoms with Crippen LogP contribution in [0.4, 0.5) is 5.69 Å². The first-order valence-electron chi connectivity index (χ1n) is 7.85. The molecule has 0 bridgehead atoms. The summed E-state index contributed by atoms with van der Waals surface area (Å²) < 4.78 is 0. The maximum Gasteiger partial charge on any atom is 0.0419 e. The standard InChI is InChI=1S/C17H28N2/c1-4-14(5-2)12-19(6-3)13-16-9-7-8-15-10-11-18-17(15)16/h7-9,14,18H,4-6,10-13H2,1-3H3. The van der Waals surface area contributed by atoms with Crippen LogP contribution in [0.5, 0.6) is 0 Å². The molecule has 1 aromatic rings. The summed E-state index contributed by atoms with van der Waals surface area (Å²) in [4.78, 5) is 2.59. The molecule has 0 spiro atoms. The Bertz CT molecular complexity index is 396. The highest BCUT2D eigenvalue weighted by Crippen LogP contribution is 2.27. The Balaban J connectivity index is 2.04. The smallest absolute Gasteiger partial charge is 0.0419 e. The van der Waals surface area contributed by atoms with Gasteiger partial charge in [-0.15, -0.1) is 0 Å². The number of benzene rings is 1. The summed E-state index contributed by atoms with van der Waals surface area (Å²) in [5, 5.41) is 3.55. The first kappa shape index (κ1) is 14.4. The molecule has 0 unspecified atom stereocenters. The van der Waals surface area contributed by atoms with E-state index < -0.39 is 0 Å². The monoisotopic (exact) mass is 260 g/mol. The van der Waals surface area contributed by atoms with E-state index in [1.165, 1.54) is 42.6 Å². The lowest BCUT2D eigenvalue weighted by molar-refractivity contribution is 0.226. The molecule has 0 fully saturated rings. The highest BCUT2D eigenvalue weighted by molar-refractivity contribution is 5.61. The largest absolute Gasteiger partial charge is 0.384 e. The molecule has 106 valence electrons. The van der Waals surface area contributed by atoms with Crippen molar-refractivity contribution >= 4 is 5.69 Å². The fourth-order valence-corrected chi connectivity index (χ4v) is 3.00. The minimum atomic E-state index is 0.838. The maximum absolute atomic E-state index is 3.55. The molecule has 2 rings (SSSR count). The Morgan fingerprint density at radius 2 is 2.00 bits per heavy atom. The van der Waals surface area contributed by atoms with E-state index in [0.29, 0.717) is 0 Å². The zero-order valence-electron chi connectivity index (χ0n) is 12.7. The van der Waals surface area contributed by atoms with Crippen LogP contribution in [0, 0.1) is 5.92 Å². The molecular weight excluding hydrogens is 232 g/mol. The third-order valence-corrected chi connectivity index (χ3v) is 4.45. The Kier molecular flexibility index (Phi) is 5.26. The lowest BCUT2D eigenvalue weighted by Gasteiger charge is -2.26. The Labute approximate surface area is 118 Å². The highest BCUT2D eigenvalue weighted by Gasteiger charge is 2.16. The van der Waals surface area contributed by atoms with Gasteiger partial charge in [-0.3, -0.25) is 4.90 Å². The van der Waals surface area contributed by atoms with Crippen LogP contribution in [0.3, 0.4) is 0 Å². The van der Waals surface area contributed by atoms with Gasteiger partial charge in [-0.2, -0.15) is 0 Å². The third kappa shape index (κ3) is 3.50. The molecule has 0 saturated carbocycles. The number of hydrogen-bond donors (Lipinski definition) is 1. The van der Waals surface area contributed by atoms with Gasteiger partial charge in [0, 0.05) is 25.3 Å². The number of para-hydroxylation sites is 1. The Hall–Kier alpha value is -1.02. The third-order valence-electron chi connectivity index (χ3n) is 4.45. The van der Waals surface area contributed by atoms with E-state index in [-0.39, 0.29) is 0 Å². The van der Waals surface area contributed by atoms with Gasteiger partial charge in [0.05, 0.1) is 0 Å². The van der Waals surface area contributed by atoms with Crippen molar-refractivity contribution in [2.24, 2.45) is 5.92 Å². The molecule has 2 nitrogen and oxygen atoms in total. The Morgan fingerprint density at radius 1 is 1.21 bits per heavy atom. The van der Waals surface area contributed by atoms with E-state index >= 15 is 0 Å². The summed E-state index contributed by atoms with van der Waals surface area (Å²) >= 11 is 0. The average Bonchev–Trinajstić information content (AvgIpc) is 2.92. The van der Waals surface area contributed by atoms with Gasteiger partial charge in [-0.25, -0.2) is 0 Å². The number of nitrogens with zero attached hydrogens (tertiary/aromatic N) is 1. The van der Waals surface area contributed by atoms with Crippen molar-refractivity contribution in [2.75, 3.05) is 25.0 Å². The van der Waals surface area contributed by atoms with Crippen molar-refractivity contribution in [1.29, 1.82) is 0 Å². The molecule has 19 heavy (non-hydrogen) atoms. The highest BCUT2D eigenvalue weighted by atomic mass is 15.1. The summed E-state index contributed by atoms with van der Waals surface area (Å²) in [6.07, 6.45) is 3.76. The van der Waals surface area contributed by atoms with Gasteiger partial charge < -0.3 is 5.32 Å². The molecule has 0 saturated heterocycles. The molecule has 0 aromatic heterocycles. The van der Waals surface area contributed by atoms with Crippen molar-refractivity contribution in [3.63, 3.8) is 0 Å². The fourth-order valence-electron chi connectivity index (χ4n) is 3.00. The molecule has 1 N–H and O–H groups in total. The Morgan fingerprint density at radius 3 is 2.68 bits per heavy atom. The van der Waals surface area contributed by atoms with Gasteiger partial charge in [-0.1, -0.05) is 51.8 Å². The zero-order chi connectivity index (χ0) is 13.7. The van der Waals surface area contributed by atoms with E-state index in [2.05, 4.69) is 49.2 Å². The SMILES string of the molecule is CCC(CC)CN(CC)Cc1cccc2c1NCC2. The van der Waals surface area contributed by atoms with Crippen LogP contribution >= 0.6 is 0 Å². The lowest BCUT2D eigenvalue weighted by Crippen LogP contribution is -2.29. The molecule has 2 heteroatoms. The summed E-state index contributed by atoms with van der Waals surface area (Å²) in [7, 11) is 0. The summed E-state index contributed by atoms with van der Waals surface area (Å²) in [5.41, 5.74) is 4.38. The number of rotatable bonds is 7. The second-order valence-electron chi connectivity index (χ2n) is 5.64. The molecule has 0 radical (unpaired) electrons. The second kappa shape index (κ2) is 6.95. The zero-order valence-corrected chi connectivity index (χ0v) is 12.7. The van der Waals surface area contributed by atoms with Crippen molar-refractivity contribution in [1.82, 2.24) is 4.90 Å². The van der Waals surface area contributed by atoms with E-state index in [9.17, 15) is 0 Å². The van der Waals surface area contributed by atoms with Crippen LogP contribution in [0.1, 0.15) is 44.7 Å². The predicted molar refractivity (Wildman–Crippen MR) is 83.7 cm³/mol. The topological polar surface area (TPSA) is 15.3 Å². The average molecular weight is 260 g/mol. The number of anilines is 1. The van der Waals surface area contributed by atoms with Gasteiger partial charge in [-0.05, 0) is 30.0 Å². The molecule has 0 atom stereocenters. The van der Waals surface area contributed by atoms with Gasteiger partial charge in [0.1, 0.15) is 0 Å². The van der Waals surface area contributed by atoms with Crippen LogP contribution in [-0.2, 0) is 13.0 Å². The predicted octanol–water partition coefficient (Wildman–Crippen LogP) is 3.91. The van der Waals surface area contributed by atoms with Crippen LogP contribution in [0.25, 0.3) is 0 Å². The maximum atomic E-state index is 3.55. The first-order valence-corrected chi connectivity index (χ1v) is 7.85. The van der Waals surface area contributed by atoms with Crippen LogP contribution in [0.2, 0.25) is 0 Å². The normalized spacial score (nSPS) is 13.9. The molecule has 0 amide bonds. The van der Waals surface area contributed by atoms with Gasteiger partial charge in [0.15, 0.2) is 0 Å². The number of hydrogen-bond acceptors (Lipinski definition) is 2. The van der Waals surface area contributed by atoms with Crippen molar-refractivity contribution in [3.8, 4) is 0 Å². The van der Waals surface area contributed by atoms with E-state index in [4.69, 9.17) is 0 Å². The van der Waals surface area contributed by atoms with E-state index in [1.54, 1.807) is 0 Å². The molecule has 1 aromatic carbocycles. The number of nitrogens with one attached hydrogen (secondary N) is 1. The van der Waals surface area contributed by atoms with Crippen molar-refractivity contribution in [2.45, 2.75) is 46.6 Å². The van der Waals surface area contributed by atoms with E-state index in [1.807, 2.05) is 0 Å². The molecular formula is C17H28N2. The minimum Gasteiger partial charge on any atom is -0.384 e. The second-order valence-corrected chi connectivity index (χ2v) is 5.64. The van der Waals surface area contributed by atoms with Crippen molar-refractivity contribution in [3.05, 3.63) is 29.3 Å². The molecule has 1 aliphatic rings. The quantitative estimate of drug-likeness (QED) is 0.799. The first-order chi connectivity index (χ1) is 9.28. The molecule has 1 aliphatic heterocycles. The van der Waals surface area contributed by atoms with Crippen LogP contribution in [0.15, 0.2) is 18.2 Å². The van der Waals surface area contributed by atoms with Crippen molar-refractivity contribution < 1.29 is 0 Å². The molecule has 0 aliphatic carbocycles. The fraction of sp³-hybridized carbons (Fsp3) is 0.647. The minimum absolute atomic E-state index is 0.838. The van der Waals surface area contributed by atoms with Gasteiger partial charge >= 0.3 is 0 Å². The van der Waals surface area contributed by atoms with Crippen LogP contribution < -0.4 is 5.32 Å². The lowest BCUT2D eigenvalue weighted by atomic mass is 10.0. The number of fused-ring (bicyclic) bond motifs is 1. The molecule has 1 heterocycles. The summed E-state index contributed by atoms with van der Waals surface area (Å²) in [6, 6.07) is 6.76.